The van der Waals surface area contributed by atoms with Crippen LogP contribution < -0.4 is 4.74 Å². The first kappa shape index (κ1) is 19.2. The third kappa shape index (κ3) is 4.48. The van der Waals surface area contributed by atoms with Gasteiger partial charge >= 0.3 is 5.97 Å². The molecule has 2 aromatic rings. The number of carbonyl (C=O) groups excluding carboxylic acids is 1. The molecule has 1 aromatic heterocycles. The molecule has 132 valence electrons. The standard InChI is InChI=1S/C16H23IN2O4Si/c1-21-14-9-13-11(8-12(14)16(20)22-2)15(17)18-19(13)10-23-6-7-24(3,4)5/h8-9H,6-7,10H2,1-5H3. The van der Waals surface area contributed by atoms with Crippen LogP contribution in [0.1, 0.15) is 10.4 Å². The van der Waals surface area contributed by atoms with E-state index in [2.05, 4.69) is 47.3 Å². The number of rotatable bonds is 7. The Bertz CT molecular complexity index is 740. The number of halogens is 1. The highest BCUT2D eigenvalue weighted by atomic mass is 127. The van der Waals surface area contributed by atoms with Gasteiger partial charge in [0.25, 0.3) is 0 Å². The molecule has 0 amide bonds. The molecule has 0 aliphatic heterocycles. The first-order chi connectivity index (χ1) is 11.3. The smallest absolute Gasteiger partial charge is 0.341 e. The number of hydrogen-bond donors (Lipinski definition) is 0. The molecule has 0 fully saturated rings. The number of aromatic nitrogens is 2. The Labute approximate surface area is 156 Å². The maximum Gasteiger partial charge on any atom is 0.341 e. The van der Waals surface area contributed by atoms with E-state index in [0.717, 1.165) is 27.3 Å². The van der Waals surface area contributed by atoms with Crippen LogP contribution in [0.25, 0.3) is 10.9 Å². The van der Waals surface area contributed by atoms with Crippen molar-refractivity contribution in [3.05, 3.63) is 21.4 Å². The fourth-order valence-electron chi connectivity index (χ4n) is 2.23. The fraction of sp³-hybridized carbons (Fsp3) is 0.500. The van der Waals surface area contributed by atoms with E-state index in [1.165, 1.54) is 14.2 Å². The minimum absolute atomic E-state index is 0.380. The van der Waals surface area contributed by atoms with Crippen LogP contribution in [-0.4, -0.2) is 44.7 Å². The summed E-state index contributed by atoms with van der Waals surface area (Å²) in [6.07, 6.45) is 0. The van der Waals surface area contributed by atoms with E-state index in [9.17, 15) is 4.79 Å². The van der Waals surface area contributed by atoms with Crippen LogP contribution in [0.4, 0.5) is 0 Å². The summed E-state index contributed by atoms with van der Waals surface area (Å²) in [5.74, 6) is 0.0395. The van der Waals surface area contributed by atoms with Gasteiger partial charge in [0, 0.05) is 26.1 Å². The normalized spacial score (nSPS) is 11.8. The predicted octanol–water partition coefficient (Wildman–Crippen LogP) is 3.75. The lowest BCUT2D eigenvalue weighted by Crippen LogP contribution is -2.22. The average molecular weight is 462 g/mol. The summed E-state index contributed by atoms with van der Waals surface area (Å²) in [4.78, 5) is 11.9. The number of nitrogens with zero attached hydrogens (tertiary/aromatic N) is 2. The van der Waals surface area contributed by atoms with Crippen LogP contribution in [-0.2, 0) is 16.2 Å². The lowest BCUT2D eigenvalue weighted by molar-refractivity contribution is 0.0597. The van der Waals surface area contributed by atoms with Gasteiger partial charge in [-0.1, -0.05) is 19.6 Å². The van der Waals surface area contributed by atoms with Crippen LogP contribution in [0.15, 0.2) is 12.1 Å². The molecule has 0 aliphatic carbocycles. The average Bonchev–Trinajstić information content (AvgIpc) is 2.84. The predicted molar refractivity (Wildman–Crippen MR) is 104 cm³/mol. The number of esters is 1. The monoisotopic (exact) mass is 462 g/mol. The molecule has 0 spiro atoms. The van der Waals surface area contributed by atoms with E-state index >= 15 is 0 Å². The van der Waals surface area contributed by atoms with E-state index in [1.54, 1.807) is 16.8 Å². The van der Waals surface area contributed by atoms with Gasteiger partial charge in [-0.3, -0.25) is 0 Å². The second-order valence-corrected chi connectivity index (χ2v) is 13.3. The maximum absolute atomic E-state index is 11.9. The Morgan fingerprint density at radius 1 is 1.29 bits per heavy atom. The largest absolute Gasteiger partial charge is 0.496 e. The molecule has 0 aliphatic rings. The fourth-order valence-corrected chi connectivity index (χ4v) is 3.68. The third-order valence-electron chi connectivity index (χ3n) is 3.64. The molecular formula is C16H23IN2O4Si. The second-order valence-electron chi connectivity index (χ2n) is 6.70. The molecular weight excluding hydrogens is 439 g/mol. The number of fused-ring (bicyclic) bond motifs is 1. The minimum atomic E-state index is -1.11. The third-order valence-corrected chi connectivity index (χ3v) is 6.14. The molecule has 1 aromatic carbocycles. The van der Waals surface area contributed by atoms with Crippen LogP contribution in [0.3, 0.4) is 0 Å². The molecule has 1 heterocycles. The van der Waals surface area contributed by atoms with Gasteiger partial charge in [-0.2, -0.15) is 5.10 Å². The van der Waals surface area contributed by atoms with Crippen LogP contribution >= 0.6 is 22.6 Å². The van der Waals surface area contributed by atoms with Gasteiger partial charge < -0.3 is 14.2 Å². The van der Waals surface area contributed by atoms with Gasteiger partial charge in [-0.15, -0.1) is 0 Å². The highest BCUT2D eigenvalue weighted by Crippen LogP contribution is 2.29. The molecule has 0 unspecified atom stereocenters. The molecule has 24 heavy (non-hydrogen) atoms. The highest BCUT2D eigenvalue weighted by Gasteiger charge is 2.19. The summed E-state index contributed by atoms with van der Waals surface area (Å²) >= 11 is 2.16. The summed E-state index contributed by atoms with van der Waals surface area (Å²) in [6, 6.07) is 4.67. The van der Waals surface area contributed by atoms with Gasteiger partial charge in [0.1, 0.15) is 21.7 Å². The van der Waals surface area contributed by atoms with Gasteiger partial charge in [0.05, 0.1) is 19.7 Å². The first-order valence-electron chi connectivity index (χ1n) is 7.67. The van der Waals surface area contributed by atoms with E-state index in [1.807, 2.05) is 0 Å². The Morgan fingerprint density at radius 3 is 2.58 bits per heavy atom. The molecule has 0 N–H and O–H groups in total. The molecule has 0 atom stereocenters. The van der Waals surface area contributed by atoms with Crippen molar-refractivity contribution in [3.63, 3.8) is 0 Å². The first-order valence-corrected chi connectivity index (χ1v) is 12.5. The van der Waals surface area contributed by atoms with E-state index in [4.69, 9.17) is 14.2 Å². The number of hydrogen-bond acceptors (Lipinski definition) is 5. The Kier molecular flexibility index (Phi) is 6.26. The zero-order chi connectivity index (χ0) is 17.9. The summed E-state index contributed by atoms with van der Waals surface area (Å²) < 4.78 is 18.5. The van der Waals surface area contributed by atoms with Crippen LogP contribution in [0, 0.1) is 3.70 Å². The van der Waals surface area contributed by atoms with Gasteiger partial charge in [-0.25, -0.2) is 9.48 Å². The van der Waals surface area contributed by atoms with Crippen molar-refractivity contribution < 1.29 is 19.0 Å². The van der Waals surface area contributed by atoms with E-state index in [-0.39, 0.29) is 0 Å². The van der Waals surface area contributed by atoms with Crippen molar-refractivity contribution in [1.82, 2.24) is 9.78 Å². The number of benzene rings is 1. The van der Waals surface area contributed by atoms with Crippen molar-refractivity contribution in [1.29, 1.82) is 0 Å². The summed E-state index contributed by atoms with van der Waals surface area (Å²) in [6.45, 7) is 8.07. The van der Waals surface area contributed by atoms with Gasteiger partial charge in [-0.05, 0) is 34.7 Å². The molecule has 2 rings (SSSR count). The van der Waals surface area contributed by atoms with Crippen molar-refractivity contribution >= 4 is 47.5 Å². The maximum atomic E-state index is 11.9. The summed E-state index contributed by atoms with van der Waals surface area (Å²) in [5, 5.41) is 5.39. The van der Waals surface area contributed by atoms with Crippen LogP contribution in [0.2, 0.25) is 25.7 Å². The van der Waals surface area contributed by atoms with Crippen molar-refractivity contribution in [2.45, 2.75) is 32.4 Å². The second kappa shape index (κ2) is 7.83. The molecule has 0 radical (unpaired) electrons. The highest BCUT2D eigenvalue weighted by molar-refractivity contribution is 14.1. The quantitative estimate of drug-likeness (QED) is 0.272. The topological polar surface area (TPSA) is 62.6 Å². The van der Waals surface area contributed by atoms with Crippen LogP contribution in [0.5, 0.6) is 5.75 Å². The Hall–Kier alpha value is -1.13. The van der Waals surface area contributed by atoms with Gasteiger partial charge in [0.2, 0.25) is 0 Å². The number of methoxy groups -OCH3 is 2. The summed E-state index contributed by atoms with van der Waals surface area (Å²) in [5.41, 5.74) is 1.27. The number of ether oxygens (including phenoxy) is 3. The number of carbonyl (C=O) groups is 1. The van der Waals surface area contributed by atoms with Crippen molar-refractivity contribution in [2.24, 2.45) is 0 Å². The lowest BCUT2D eigenvalue weighted by Gasteiger charge is -2.15. The molecule has 0 saturated carbocycles. The molecule has 6 nitrogen and oxygen atoms in total. The molecule has 0 bridgehead atoms. The summed E-state index contributed by atoms with van der Waals surface area (Å²) in [7, 11) is 1.77. The zero-order valence-corrected chi connectivity index (χ0v) is 17.8. The van der Waals surface area contributed by atoms with Crippen molar-refractivity contribution in [2.75, 3.05) is 20.8 Å². The van der Waals surface area contributed by atoms with E-state index < -0.39 is 14.0 Å². The lowest BCUT2D eigenvalue weighted by atomic mass is 10.1. The minimum Gasteiger partial charge on any atom is -0.496 e. The van der Waals surface area contributed by atoms with Gasteiger partial charge in [0.15, 0.2) is 0 Å². The SMILES string of the molecule is COC(=O)c1cc2c(I)nn(COCC[Si](C)(C)C)c2cc1OC. The Morgan fingerprint density at radius 2 is 2.00 bits per heavy atom. The molecule has 8 heteroatoms. The molecule has 0 saturated heterocycles. The van der Waals surface area contributed by atoms with Crippen molar-refractivity contribution in [3.8, 4) is 5.75 Å². The van der Waals surface area contributed by atoms with E-state index in [0.29, 0.717) is 18.0 Å². The zero-order valence-electron chi connectivity index (χ0n) is 14.7. The Balaban J connectivity index is 2.28.